The predicted octanol–water partition coefficient (Wildman–Crippen LogP) is 5.03. The lowest BCUT2D eigenvalue weighted by Gasteiger charge is -2.31. The molecule has 28 heavy (non-hydrogen) atoms. The molecule has 0 saturated heterocycles. The molecule has 0 bridgehead atoms. The van der Waals surface area contributed by atoms with Gasteiger partial charge in [0.05, 0.1) is 0 Å². The van der Waals surface area contributed by atoms with Gasteiger partial charge in [-0.2, -0.15) is 0 Å². The molecule has 0 spiro atoms. The van der Waals surface area contributed by atoms with Crippen LogP contribution in [0.3, 0.4) is 0 Å². The van der Waals surface area contributed by atoms with Gasteiger partial charge >= 0.3 is 0 Å². The van der Waals surface area contributed by atoms with Gasteiger partial charge in [-0.05, 0) is 53.4 Å². The van der Waals surface area contributed by atoms with Gasteiger partial charge in [-0.1, -0.05) is 50.2 Å². The lowest BCUT2D eigenvalue weighted by molar-refractivity contribution is -0.121. The molecule has 4 nitrogen and oxygen atoms in total. The number of hydrogen-bond donors (Lipinski definition) is 1. The van der Waals surface area contributed by atoms with Crippen LogP contribution in [0.15, 0.2) is 60.7 Å². The lowest BCUT2D eigenvalue weighted by atomic mass is 9.99. The van der Waals surface area contributed by atoms with Crippen LogP contribution in [0.5, 0.6) is 0 Å². The summed E-state index contributed by atoms with van der Waals surface area (Å²) in [6.07, 6.45) is 1.92. The summed E-state index contributed by atoms with van der Waals surface area (Å²) in [4.78, 5) is 27.2. The molecule has 0 aliphatic carbocycles. The van der Waals surface area contributed by atoms with Crippen LogP contribution >= 0.6 is 0 Å². The Balaban J connectivity index is 1.60. The number of amides is 2. The molecule has 3 aromatic rings. The zero-order valence-electron chi connectivity index (χ0n) is 16.2. The first-order chi connectivity index (χ1) is 13.5. The minimum atomic E-state index is -0.150. The van der Waals surface area contributed by atoms with E-state index in [1.165, 1.54) is 0 Å². The fraction of sp³-hybridized carbons (Fsp3) is 0.250. The number of fused-ring (bicyclic) bond motifs is 2. The van der Waals surface area contributed by atoms with Crippen molar-refractivity contribution in [1.82, 2.24) is 0 Å². The Morgan fingerprint density at radius 2 is 1.75 bits per heavy atom. The van der Waals surface area contributed by atoms with Crippen LogP contribution in [0, 0.1) is 5.92 Å². The van der Waals surface area contributed by atoms with Crippen LogP contribution in [-0.2, 0) is 11.2 Å². The minimum Gasteiger partial charge on any atom is -0.322 e. The van der Waals surface area contributed by atoms with Crippen molar-refractivity contribution in [3.8, 4) is 0 Å². The third-order valence-corrected chi connectivity index (χ3v) is 5.23. The molecule has 1 heterocycles. The molecule has 4 heteroatoms. The van der Waals surface area contributed by atoms with Crippen LogP contribution in [-0.4, -0.2) is 18.4 Å². The van der Waals surface area contributed by atoms with Crippen LogP contribution in [0.25, 0.3) is 10.8 Å². The Kier molecular flexibility index (Phi) is 4.86. The maximum absolute atomic E-state index is 12.8. The summed E-state index contributed by atoms with van der Waals surface area (Å²) in [5.41, 5.74) is 3.40. The van der Waals surface area contributed by atoms with Gasteiger partial charge in [0.2, 0.25) is 5.91 Å². The molecule has 0 fully saturated rings. The van der Waals surface area contributed by atoms with E-state index in [4.69, 9.17) is 0 Å². The Labute approximate surface area is 165 Å². The third-order valence-electron chi connectivity index (χ3n) is 5.23. The maximum Gasteiger partial charge on any atom is 0.255 e. The van der Waals surface area contributed by atoms with E-state index in [0.717, 1.165) is 41.4 Å². The molecule has 0 aromatic heterocycles. The van der Waals surface area contributed by atoms with Gasteiger partial charge in [0.15, 0.2) is 0 Å². The van der Waals surface area contributed by atoms with E-state index in [2.05, 4.69) is 5.32 Å². The maximum atomic E-state index is 12.8. The van der Waals surface area contributed by atoms with Crippen molar-refractivity contribution in [1.29, 1.82) is 0 Å². The van der Waals surface area contributed by atoms with Crippen LogP contribution < -0.4 is 10.2 Å². The van der Waals surface area contributed by atoms with Crippen LogP contribution in [0.4, 0.5) is 11.4 Å². The number of nitrogens with zero attached hydrogens (tertiary/aromatic N) is 1. The van der Waals surface area contributed by atoms with Gasteiger partial charge in [0.25, 0.3) is 5.91 Å². The molecule has 3 aromatic carbocycles. The molecule has 2 amide bonds. The van der Waals surface area contributed by atoms with Crippen LogP contribution in [0.1, 0.15) is 36.2 Å². The van der Waals surface area contributed by atoms with Gasteiger partial charge in [-0.3, -0.25) is 9.59 Å². The summed E-state index contributed by atoms with van der Waals surface area (Å²) in [6.45, 7) is 4.57. The summed E-state index contributed by atoms with van der Waals surface area (Å²) in [6, 6.07) is 19.5. The minimum absolute atomic E-state index is 0.0539. The summed E-state index contributed by atoms with van der Waals surface area (Å²) in [5, 5.41) is 5.13. The second-order valence-electron chi connectivity index (χ2n) is 7.61. The Bertz CT molecular complexity index is 1060. The van der Waals surface area contributed by atoms with Crippen molar-refractivity contribution < 1.29 is 9.59 Å². The van der Waals surface area contributed by atoms with Gasteiger partial charge in [-0.15, -0.1) is 0 Å². The molecule has 4 rings (SSSR count). The number of anilines is 2. The quantitative estimate of drug-likeness (QED) is 0.701. The first-order valence-corrected chi connectivity index (χ1v) is 9.77. The smallest absolute Gasteiger partial charge is 0.255 e. The summed E-state index contributed by atoms with van der Waals surface area (Å²) >= 11 is 0. The lowest BCUT2D eigenvalue weighted by Crippen LogP contribution is -2.38. The number of rotatable bonds is 3. The first kappa shape index (κ1) is 18.2. The standard InChI is InChI=1S/C24H24N2O2/c1-16(2)24(28)26-13-5-8-18-11-12-21(15-22(18)26)25-23(27)20-10-9-17-6-3-4-7-19(17)14-20/h3-4,6-7,9-12,14-16H,5,8,13H2,1-2H3,(H,25,27). The highest BCUT2D eigenvalue weighted by Gasteiger charge is 2.24. The van der Waals surface area contributed by atoms with E-state index in [9.17, 15) is 9.59 Å². The topological polar surface area (TPSA) is 49.4 Å². The van der Waals surface area contributed by atoms with Crippen molar-refractivity contribution in [3.63, 3.8) is 0 Å². The fourth-order valence-corrected chi connectivity index (χ4v) is 3.73. The molecular formula is C24H24N2O2. The van der Waals surface area contributed by atoms with Crippen molar-refractivity contribution in [2.45, 2.75) is 26.7 Å². The highest BCUT2D eigenvalue weighted by atomic mass is 16.2. The largest absolute Gasteiger partial charge is 0.322 e. The van der Waals surface area contributed by atoms with E-state index in [1.54, 1.807) is 0 Å². The molecule has 1 aliphatic heterocycles. The van der Waals surface area contributed by atoms with E-state index < -0.39 is 0 Å². The molecular weight excluding hydrogens is 348 g/mol. The van der Waals surface area contributed by atoms with E-state index in [1.807, 2.05) is 79.4 Å². The first-order valence-electron chi connectivity index (χ1n) is 9.77. The molecule has 1 aliphatic rings. The van der Waals surface area contributed by atoms with Crippen molar-refractivity contribution in [3.05, 3.63) is 71.8 Å². The average Bonchev–Trinajstić information content (AvgIpc) is 2.72. The van der Waals surface area contributed by atoms with Gasteiger partial charge in [0, 0.05) is 29.4 Å². The Morgan fingerprint density at radius 1 is 0.964 bits per heavy atom. The third kappa shape index (κ3) is 3.50. The normalized spacial score (nSPS) is 13.5. The Hall–Kier alpha value is -3.14. The van der Waals surface area contributed by atoms with Gasteiger partial charge in [-0.25, -0.2) is 0 Å². The molecule has 142 valence electrons. The number of carbonyl (C=O) groups excluding carboxylic acids is 2. The van der Waals surface area contributed by atoms with Crippen LogP contribution in [0.2, 0.25) is 0 Å². The van der Waals surface area contributed by atoms with E-state index in [-0.39, 0.29) is 17.7 Å². The van der Waals surface area contributed by atoms with Gasteiger partial charge in [0.1, 0.15) is 0 Å². The van der Waals surface area contributed by atoms with E-state index >= 15 is 0 Å². The number of benzene rings is 3. The molecule has 0 saturated carbocycles. The zero-order chi connectivity index (χ0) is 19.7. The number of nitrogens with one attached hydrogen (secondary N) is 1. The number of aryl methyl sites for hydroxylation is 1. The second-order valence-corrected chi connectivity index (χ2v) is 7.61. The summed E-state index contributed by atoms with van der Waals surface area (Å²) < 4.78 is 0. The fourth-order valence-electron chi connectivity index (χ4n) is 3.73. The zero-order valence-corrected chi connectivity index (χ0v) is 16.2. The second kappa shape index (κ2) is 7.47. The predicted molar refractivity (Wildman–Crippen MR) is 114 cm³/mol. The highest BCUT2D eigenvalue weighted by Crippen LogP contribution is 2.31. The van der Waals surface area contributed by atoms with E-state index in [0.29, 0.717) is 11.3 Å². The van der Waals surface area contributed by atoms with Crippen molar-refractivity contribution >= 4 is 34.0 Å². The SMILES string of the molecule is CC(C)C(=O)N1CCCc2ccc(NC(=O)c3ccc4ccccc4c3)cc21. The van der Waals surface area contributed by atoms with Gasteiger partial charge < -0.3 is 10.2 Å². The average molecular weight is 372 g/mol. The molecule has 0 unspecified atom stereocenters. The Morgan fingerprint density at radius 3 is 2.54 bits per heavy atom. The monoisotopic (exact) mass is 372 g/mol. The summed E-state index contributed by atoms with van der Waals surface area (Å²) in [5.74, 6) is -0.0796. The highest BCUT2D eigenvalue weighted by molar-refractivity contribution is 6.07. The van der Waals surface area contributed by atoms with Crippen molar-refractivity contribution in [2.75, 3.05) is 16.8 Å². The molecule has 0 radical (unpaired) electrons. The number of hydrogen-bond acceptors (Lipinski definition) is 2. The molecule has 0 atom stereocenters. The van der Waals surface area contributed by atoms with Crippen molar-refractivity contribution in [2.24, 2.45) is 5.92 Å². The number of carbonyl (C=O) groups is 2. The molecule has 1 N–H and O–H groups in total. The summed E-state index contributed by atoms with van der Waals surface area (Å²) in [7, 11) is 0.